The number of nitrogens with one attached hydrogen (secondary N) is 1. The van der Waals surface area contributed by atoms with Crippen LogP contribution in [0.5, 0.6) is 0 Å². The smallest absolute Gasteiger partial charge is 0.185 e. The molecule has 2 rings (SSSR count). The van der Waals surface area contributed by atoms with Gasteiger partial charge in [0.2, 0.25) is 0 Å². The fourth-order valence-corrected chi connectivity index (χ4v) is 3.65. The summed E-state index contributed by atoms with van der Waals surface area (Å²) in [4.78, 5) is 8.72. The van der Waals surface area contributed by atoms with E-state index in [0.717, 1.165) is 12.5 Å². The quantitative estimate of drug-likeness (QED) is 0.821. The van der Waals surface area contributed by atoms with E-state index in [1.807, 2.05) is 18.4 Å². The number of hydrogen-bond acceptors (Lipinski definition) is 4. The lowest BCUT2D eigenvalue weighted by Gasteiger charge is -2.25. The lowest BCUT2D eigenvalue weighted by Crippen LogP contribution is -2.30. The predicted molar refractivity (Wildman–Crippen MR) is 79.6 cm³/mol. The molecule has 0 unspecified atom stereocenters. The number of anilines is 1. The second-order valence-electron chi connectivity index (χ2n) is 5.19. The first-order valence-corrected chi connectivity index (χ1v) is 7.89. The molecular formula is C14H25N3S. The molecule has 1 saturated carbocycles. The maximum atomic E-state index is 4.91. The first kappa shape index (κ1) is 13.8. The lowest BCUT2D eigenvalue weighted by molar-refractivity contribution is 0.590. The van der Waals surface area contributed by atoms with Crippen molar-refractivity contribution in [3.63, 3.8) is 0 Å². The van der Waals surface area contributed by atoms with Gasteiger partial charge in [0.15, 0.2) is 5.13 Å². The van der Waals surface area contributed by atoms with Crippen LogP contribution in [0.25, 0.3) is 0 Å². The zero-order valence-electron chi connectivity index (χ0n) is 12.0. The Morgan fingerprint density at radius 2 is 2.06 bits per heavy atom. The summed E-state index contributed by atoms with van der Waals surface area (Å²) < 4.78 is 0. The van der Waals surface area contributed by atoms with Gasteiger partial charge >= 0.3 is 0 Å². The molecular weight excluding hydrogens is 242 g/mol. The third kappa shape index (κ3) is 2.86. The van der Waals surface area contributed by atoms with Crippen LogP contribution in [0.2, 0.25) is 0 Å². The minimum absolute atomic E-state index is 0.616. The molecule has 0 amide bonds. The summed E-state index contributed by atoms with van der Waals surface area (Å²) in [5.74, 6) is 0.744. The van der Waals surface area contributed by atoms with Crippen molar-refractivity contribution in [2.75, 3.05) is 19.0 Å². The molecule has 18 heavy (non-hydrogen) atoms. The molecule has 1 aliphatic carbocycles. The monoisotopic (exact) mass is 267 g/mol. The van der Waals surface area contributed by atoms with Crippen LogP contribution in [0.1, 0.15) is 56.0 Å². The van der Waals surface area contributed by atoms with Gasteiger partial charge < -0.3 is 10.2 Å². The summed E-state index contributed by atoms with van der Waals surface area (Å²) in [5, 5.41) is 4.47. The van der Waals surface area contributed by atoms with Gasteiger partial charge in [-0.2, -0.15) is 0 Å². The summed E-state index contributed by atoms with van der Waals surface area (Å²) >= 11 is 1.87. The Bertz CT molecular complexity index is 380. The Balaban J connectivity index is 2.19. The van der Waals surface area contributed by atoms with E-state index in [1.165, 1.54) is 41.4 Å². The number of nitrogens with zero attached hydrogens (tertiary/aromatic N) is 2. The highest BCUT2D eigenvalue weighted by Gasteiger charge is 2.30. The molecule has 1 aromatic heterocycles. The predicted octanol–water partition coefficient (Wildman–Crippen LogP) is 3.36. The Labute approximate surface area is 115 Å². The van der Waals surface area contributed by atoms with Gasteiger partial charge in [-0.25, -0.2) is 4.98 Å². The molecule has 4 heteroatoms. The van der Waals surface area contributed by atoms with Crippen molar-refractivity contribution < 1.29 is 0 Å². The number of aromatic nitrogens is 1. The van der Waals surface area contributed by atoms with Crippen molar-refractivity contribution in [3.8, 4) is 0 Å². The molecule has 0 radical (unpaired) electrons. The molecule has 1 heterocycles. The number of rotatable bonds is 7. The van der Waals surface area contributed by atoms with Crippen LogP contribution in [0, 0.1) is 0 Å². The maximum Gasteiger partial charge on any atom is 0.185 e. The Morgan fingerprint density at radius 1 is 1.39 bits per heavy atom. The first-order valence-electron chi connectivity index (χ1n) is 7.08. The molecule has 1 N–H and O–H groups in total. The molecule has 1 fully saturated rings. The van der Waals surface area contributed by atoms with E-state index in [2.05, 4.69) is 31.1 Å². The average molecular weight is 267 g/mol. The topological polar surface area (TPSA) is 28.2 Å². The molecule has 1 aromatic rings. The van der Waals surface area contributed by atoms with E-state index in [4.69, 9.17) is 4.98 Å². The van der Waals surface area contributed by atoms with Gasteiger partial charge in [-0.15, -0.1) is 11.3 Å². The van der Waals surface area contributed by atoms with E-state index in [9.17, 15) is 0 Å². The van der Waals surface area contributed by atoms with Gasteiger partial charge in [0.25, 0.3) is 0 Å². The Morgan fingerprint density at radius 3 is 2.56 bits per heavy atom. The van der Waals surface area contributed by atoms with E-state index >= 15 is 0 Å². The minimum Gasteiger partial charge on any atom is -0.348 e. The minimum atomic E-state index is 0.616. The third-order valence-corrected chi connectivity index (χ3v) is 4.97. The first-order chi connectivity index (χ1) is 8.71. The van der Waals surface area contributed by atoms with Crippen molar-refractivity contribution in [2.45, 2.75) is 58.0 Å². The fraction of sp³-hybridized carbons (Fsp3) is 0.786. The normalized spacial score (nSPS) is 15.4. The van der Waals surface area contributed by atoms with Crippen LogP contribution in [-0.4, -0.2) is 25.1 Å². The van der Waals surface area contributed by atoms with Crippen molar-refractivity contribution in [2.24, 2.45) is 0 Å². The summed E-state index contributed by atoms with van der Waals surface area (Å²) in [7, 11) is 4.21. The molecule has 102 valence electrons. The summed E-state index contributed by atoms with van der Waals surface area (Å²) in [6.07, 6.45) is 5.03. The molecule has 0 spiro atoms. The van der Waals surface area contributed by atoms with Gasteiger partial charge in [0.1, 0.15) is 0 Å². The van der Waals surface area contributed by atoms with Gasteiger partial charge in [0, 0.05) is 30.4 Å². The van der Waals surface area contributed by atoms with Crippen LogP contribution < -0.4 is 10.2 Å². The highest BCUT2D eigenvalue weighted by molar-refractivity contribution is 7.15. The van der Waals surface area contributed by atoms with Crippen molar-refractivity contribution in [1.82, 2.24) is 10.3 Å². The molecule has 0 saturated heterocycles. The van der Waals surface area contributed by atoms with Crippen LogP contribution in [0.15, 0.2) is 0 Å². The fourth-order valence-electron chi connectivity index (χ4n) is 2.46. The van der Waals surface area contributed by atoms with E-state index in [1.54, 1.807) is 0 Å². The van der Waals surface area contributed by atoms with Crippen molar-refractivity contribution >= 4 is 16.5 Å². The van der Waals surface area contributed by atoms with E-state index in [0.29, 0.717) is 6.04 Å². The molecule has 0 atom stereocenters. The van der Waals surface area contributed by atoms with Crippen LogP contribution in [0.4, 0.5) is 5.13 Å². The van der Waals surface area contributed by atoms with Crippen LogP contribution in [0.3, 0.4) is 0 Å². The van der Waals surface area contributed by atoms with Gasteiger partial charge in [-0.3, -0.25) is 0 Å². The molecule has 3 nitrogen and oxygen atoms in total. The average Bonchev–Trinajstić information content (AvgIpc) is 3.13. The second kappa shape index (κ2) is 6.02. The standard InChI is InChI=1S/C14H25N3S/c1-5-11(6-2)17(4)14-16-13(10-7-8-10)12(18-14)9-15-3/h10-11,15H,5-9H2,1-4H3. The van der Waals surface area contributed by atoms with Crippen molar-refractivity contribution in [3.05, 3.63) is 10.6 Å². The lowest BCUT2D eigenvalue weighted by atomic mass is 10.1. The zero-order chi connectivity index (χ0) is 13.1. The molecule has 0 aliphatic heterocycles. The molecule has 0 aromatic carbocycles. The highest BCUT2D eigenvalue weighted by Crippen LogP contribution is 2.44. The highest BCUT2D eigenvalue weighted by atomic mass is 32.1. The van der Waals surface area contributed by atoms with Crippen LogP contribution in [-0.2, 0) is 6.54 Å². The van der Waals surface area contributed by atoms with E-state index in [-0.39, 0.29) is 0 Å². The summed E-state index contributed by atoms with van der Waals surface area (Å²) in [5.41, 5.74) is 1.36. The number of thiazole rings is 1. The van der Waals surface area contributed by atoms with Crippen LogP contribution >= 0.6 is 11.3 Å². The molecule has 1 aliphatic rings. The zero-order valence-corrected chi connectivity index (χ0v) is 12.8. The maximum absolute atomic E-state index is 4.91. The van der Waals surface area contributed by atoms with Crippen molar-refractivity contribution in [1.29, 1.82) is 0 Å². The van der Waals surface area contributed by atoms with Gasteiger partial charge in [-0.1, -0.05) is 13.8 Å². The van der Waals surface area contributed by atoms with E-state index < -0.39 is 0 Å². The largest absolute Gasteiger partial charge is 0.348 e. The third-order valence-electron chi connectivity index (χ3n) is 3.81. The SMILES string of the molecule is CCC(CC)N(C)c1nc(C2CC2)c(CNC)s1. The summed E-state index contributed by atoms with van der Waals surface area (Å²) in [6.45, 7) is 5.48. The van der Waals surface area contributed by atoms with Gasteiger partial charge in [0.05, 0.1) is 5.69 Å². The Kier molecular flexibility index (Phi) is 4.62. The second-order valence-corrected chi connectivity index (χ2v) is 6.25. The van der Waals surface area contributed by atoms with Gasteiger partial charge in [-0.05, 0) is 32.7 Å². The Hall–Kier alpha value is -0.610. The summed E-state index contributed by atoms with van der Waals surface area (Å²) in [6, 6.07) is 0.616. The molecule has 0 bridgehead atoms. The number of hydrogen-bond donors (Lipinski definition) is 1.